The number of nitro benzene ring substituents is 1. The van der Waals surface area contributed by atoms with Crippen LogP contribution in [0.5, 0.6) is 5.75 Å². The average molecular weight is 369 g/mol. The molecule has 26 heavy (non-hydrogen) atoms. The van der Waals surface area contributed by atoms with E-state index in [1.165, 1.54) is 24.3 Å². The Kier molecular flexibility index (Phi) is 4.77. The Balaban J connectivity index is 1.88. The van der Waals surface area contributed by atoms with E-state index in [2.05, 4.69) is 10.3 Å². The summed E-state index contributed by atoms with van der Waals surface area (Å²) < 4.78 is 0. The van der Waals surface area contributed by atoms with Crippen LogP contribution >= 0.6 is 11.8 Å². The number of nitrogens with zero attached hydrogens (tertiary/aromatic N) is 2. The molecule has 3 rings (SSSR count). The zero-order valence-electron chi connectivity index (χ0n) is 14.0. The highest BCUT2D eigenvalue weighted by Crippen LogP contribution is 2.32. The number of aliphatic imine (C=N–C) groups is 1. The average Bonchev–Trinajstić information content (AvgIpc) is 2.91. The summed E-state index contributed by atoms with van der Waals surface area (Å²) >= 11 is 1.16. The number of carbonyl (C=O) groups excluding carboxylic acids is 1. The Hall–Kier alpha value is -3.13. The topological polar surface area (TPSA) is 105 Å². The SMILES string of the molecule is Cc1ccc(N=C2NC(=O)/C(=C\c3ccc(O)c([N+](=O)[O-])c3)S2)c(C)c1. The molecule has 0 unspecified atom stereocenters. The molecule has 0 saturated carbocycles. The fraction of sp³-hybridized carbons (Fsp3) is 0.111. The van der Waals surface area contributed by atoms with Crippen LogP contribution in [0.3, 0.4) is 0 Å². The Morgan fingerprint density at radius 3 is 2.69 bits per heavy atom. The number of phenols is 1. The lowest BCUT2D eigenvalue weighted by atomic mass is 10.1. The molecule has 1 fully saturated rings. The minimum Gasteiger partial charge on any atom is -0.502 e. The van der Waals surface area contributed by atoms with Crippen LogP contribution < -0.4 is 5.32 Å². The molecule has 2 aromatic rings. The molecule has 2 aromatic carbocycles. The second-order valence-corrected chi connectivity index (χ2v) is 6.81. The summed E-state index contributed by atoms with van der Waals surface area (Å²) in [5.74, 6) is -0.744. The standard InChI is InChI=1S/C18H15N3O4S/c1-10-3-5-13(11(2)7-10)19-18-20-17(23)16(26-18)9-12-4-6-15(22)14(8-12)21(24)25/h3-9,22H,1-2H3,(H,19,20,23)/b16-9+. The van der Waals surface area contributed by atoms with Gasteiger partial charge < -0.3 is 10.4 Å². The van der Waals surface area contributed by atoms with Crippen LogP contribution in [-0.2, 0) is 4.79 Å². The molecule has 0 radical (unpaired) electrons. The molecule has 1 saturated heterocycles. The normalized spacial score (nSPS) is 16.9. The number of phenolic OH excluding ortho intramolecular Hbond substituents is 1. The van der Waals surface area contributed by atoms with Gasteiger partial charge in [0.05, 0.1) is 15.5 Å². The van der Waals surface area contributed by atoms with E-state index in [-0.39, 0.29) is 5.91 Å². The summed E-state index contributed by atoms with van der Waals surface area (Å²) in [5.41, 5.74) is 2.93. The number of carbonyl (C=O) groups is 1. The number of thioether (sulfide) groups is 1. The third-order valence-electron chi connectivity index (χ3n) is 3.72. The molecule has 1 heterocycles. The number of benzene rings is 2. The lowest BCUT2D eigenvalue weighted by Gasteiger charge is -2.02. The first-order valence-electron chi connectivity index (χ1n) is 7.68. The molecule has 1 aliphatic heterocycles. The molecule has 0 aliphatic carbocycles. The molecule has 1 amide bonds. The van der Waals surface area contributed by atoms with Crippen LogP contribution in [0.25, 0.3) is 6.08 Å². The van der Waals surface area contributed by atoms with E-state index in [1.54, 1.807) is 0 Å². The predicted octanol–water partition coefficient (Wildman–Crippen LogP) is 3.81. The number of nitro groups is 1. The molecule has 8 heteroatoms. The first-order chi connectivity index (χ1) is 12.3. The molecule has 7 nitrogen and oxygen atoms in total. The van der Waals surface area contributed by atoms with E-state index in [0.29, 0.717) is 15.6 Å². The smallest absolute Gasteiger partial charge is 0.311 e. The van der Waals surface area contributed by atoms with Gasteiger partial charge in [-0.05, 0) is 54.9 Å². The summed E-state index contributed by atoms with van der Waals surface area (Å²) in [4.78, 5) is 27.2. The van der Waals surface area contributed by atoms with Crippen LogP contribution in [0, 0.1) is 24.0 Å². The zero-order chi connectivity index (χ0) is 18.8. The first kappa shape index (κ1) is 17.7. The molecule has 0 atom stereocenters. The van der Waals surface area contributed by atoms with Crippen molar-refractivity contribution in [2.45, 2.75) is 13.8 Å². The van der Waals surface area contributed by atoms with Gasteiger partial charge in [-0.3, -0.25) is 14.9 Å². The fourth-order valence-corrected chi connectivity index (χ4v) is 3.28. The minimum absolute atomic E-state index is 0.325. The van der Waals surface area contributed by atoms with Crippen LogP contribution in [0.4, 0.5) is 11.4 Å². The largest absolute Gasteiger partial charge is 0.502 e. The Labute approximate surface area is 153 Å². The Morgan fingerprint density at radius 1 is 1.23 bits per heavy atom. The van der Waals surface area contributed by atoms with Gasteiger partial charge in [-0.2, -0.15) is 0 Å². The van der Waals surface area contributed by atoms with Crippen LogP contribution in [0.15, 0.2) is 46.3 Å². The number of amidine groups is 1. The van der Waals surface area contributed by atoms with Gasteiger partial charge in [0.25, 0.3) is 5.91 Å². The monoisotopic (exact) mass is 369 g/mol. The number of aromatic hydroxyl groups is 1. The van der Waals surface area contributed by atoms with E-state index in [1.807, 2.05) is 32.0 Å². The number of rotatable bonds is 3. The van der Waals surface area contributed by atoms with Crippen molar-refractivity contribution in [2.24, 2.45) is 4.99 Å². The Bertz CT molecular complexity index is 982. The lowest BCUT2D eigenvalue weighted by molar-refractivity contribution is -0.385. The number of aryl methyl sites for hydroxylation is 2. The highest BCUT2D eigenvalue weighted by Gasteiger charge is 2.24. The van der Waals surface area contributed by atoms with Crippen LogP contribution in [-0.4, -0.2) is 21.1 Å². The highest BCUT2D eigenvalue weighted by molar-refractivity contribution is 8.18. The summed E-state index contributed by atoms with van der Waals surface area (Å²) in [6.45, 7) is 3.94. The van der Waals surface area contributed by atoms with Crippen molar-refractivity contribution in [3.63, 3.8) is 0 Å². The zero-order valence-corrected chi connectivity index (χ0v) is 14.8. The van der Waals surface area contributed by atoms with E-state index < -0.39 is 16.4 Å². The number of nitrogens with one attached hydrogen (secondary N) is 1. The highest BCUT2D eigenvalue weighted by atomic mass is 32.2. The van der Waals surface area contributed by atoms with Gasteiger partial charge in [-0.25, -0.2) is 4.99 Å². The summed E-state index contributed by atoms with van der Waals surface area (Å²) in [6.07, 6.45) is 1.52. The molecule has 0 aromatic heterocycles. The second kappa shape index (κ2) is 7.01. The first-order valence-corrected chi connectivity index (χ1v) is 8.49. The number of hydrogen-bond donors (Lipinski definition) is 2. The van der Waals surface area contributed by atoms with E-state index in [0.717, 1.165) is 28.6 Å². The maximum Gasteiger partial charge on any atom is 0.311 e. The van der Waals surface area contributed by atoms with Crippen LogP contribution in [0.2, 0.25) is 0 Å². The van der Waals surface area contributed by atoms with E-state index in [9.17, 15) is 20.0 Å². The molecule has 132 valence electrons. The lowest BCUT2D eigenvalue weighted by Crippen LogP contribution is -2.19. The van der Waals surface area contributed by atoms with Gasteiger partial charge in [0.15, 0.2) is 10.9 Å². The van der Waals surface area contributed by atoms with Crippen molar-refractivity contribution in [3.05, 3.63) is 68.1 Å². The molecule has 2 N–H and O–H groups in total. The molecular weight excluding hydrogens is 354 g/mol. The van der Waals surface area contributed by atoms with Crippen molar-refractivity contribution in [1.29, 1.82) is 0 Å². The summed E-state index contributed by atoms with van der Waals surface area (Å²) in [5, 5.41) is 23.5. The quantitative estimate of drug-likeness (QED) is 0.486. The van der Waals surface area contributed by atoms with Crippen LogP contribution in [0.1, 0.15) is 16.7 Å². The number of amides is 1. The van der Waals surface area contributed by atoms with E-state index in [4.69, 9.17) is 0 Å². The van der Waals surface area contributed by atoms with Gasteiger partial charge in [-0.1, -0.05) is 23.8 Å². The molecule has 0 bridgehead atoms. The van der Waals surface area contributed by atoms with Crippen molar-refractivity contribution >= 4 is 40.3 Å². The van der Waals surface area contributed by atoms with Gasteiger partial charge >= 0.3 is 5.69 Å². The van der Waals surface area contributed by atoms with Gasteiger partial charge in [-0.15, -0.1) is 0 Å². The third kappa shape index (κ3) is 3.75. The fourth-order valence-electron chi connectivity index (χ4n) is 2.45. The molecule has 0 spiro atoms. The Morgan fingerprint density at radius 2 is 2.00 bits per heavy atom. The van der Waals surface area contributed by atoms with Crippen molar-refractivity contribution in [1.82, 2.24) is 5.32 Å². The van der Waals surface area contributed by atoms with Crippen molar-refractivity contribution in [3.8, 4) is 5.75 Å². The van der Waals surface area contributed by atoms with Crippen molar-refractivity contribution in [2.75, 3.05) is 0 Å². The maximum absolute atomic E-state index is 12.1. The van der Waals surface area contributed by atoms with Gasteiger partial charge in [0, 0.05) is 6.07 Å². The number of hydrogen-bond acceptors (Lipinski definition) is 6. The minimum atomic E-state index is -0.674. The third-order valence-corrected chi connectivity index (χ3v) is 4.63. The van der Waals surface area contributed by atoms with E-state index >= 15 is 0 Å². The predicted molar refractivity (Wildman–Crippen MR) is 101 cm³/mol. The van der Waals surface area contributed by atoms with Gasteiger partial charge in [0.2, 0.25) is 0 Å². The molecular formula is C18H15N3O4S. The van der Waals surface area contributed by atoms with Crippen molar-refractivity contribution < 1.29 is 14.8 Å². The second-order valence-electron chi connectivity index (χ2n) is 5.78. The maximum atomic E-state index is 12.1. The molecule has 1 aliphatic rings. The summed E-state index contributed by atoms with van der Waals surface area (Å²) in [7, 11) is 0. The van der Waals surface area contributed by atoms with Gasteiger partial charge in [0.1, 0.15) is 0 Å². The summed E-state index contributed by atoms with van der Waals surface area (Å²) in [6, 6.07) is 9.79.